The van der Waals surface area contributed by atoms with Crippen LogP contribution in [-0.2, 0) is 9.59 Å². The Morgan fingerprint density at radius 3 is 2.55 bits per heavy atom. The largest absolute Gasteiger partial charge is 0.394 e. The van der Waals surface area contributed by atoms with Gasteiger partial charge in [0.1, 0.15) is 12.1 Å². The Bertz CT molecular complexity index is 192. The van der Waals surface area contributed by atoms with E-state index < -0.39 is 12.1 Å². The maximum atomic E-state index is 10.9. The molecule has 0 aromatic carbocycles. The molecule has 1 aliphatic heterocycles. The lowest BCUT2D eigenvalue weighted by molar-refractivity contribution is -0.137. The van der Waals surface area contributed by atoms with Crippen LogP contribution in [-0.4, -0.2) is 35.6 Å². The zero-order valence-corrected chi connectivity index (χ0v) is 6.13. The summed E-state index contributed by atoms with van der Waals surface area (Å²) >= 11 is 0. The molecule has 1 heterocycles. The van der Waals surface area contributed by atoms with E-state index in [0.29, 0.717) is 0 Å². The van der Waals surface area contributed by atoms with Crippen molar-refractivity contribution in [3.63, 3.8) is 0 Å². The van der Waals surface area contributed by atoms with E-state index in [9.17, 15) is 9.59 Å². The van der Waals surface area contributed by atoms with Gasteiger partial charge in [-0.2, -0.15) is 0 Å². The number of hydrogen-bond acceptors (Lipinski definition) is 3. The van der Waals surface area contributed by atoms with Gasteiger partial charge in [-0.3, -0.25) is 9.59 Å². The summed E-state index contributed by atoms with van der Waals surface area (Å²) in [6, 6.07) is -1.27. The van der Waals surface area contributed by atoms with Gasteiger partial charge in [0.25, 0.3) is 0 Å². The Labute approximate surface area is 63.8 Å². The number of nitrogens with one attached hydrogen (secondary N) is 2. The van der Waals surface area contributed by atoms with E-state index in [1.165, 1.54) is 0 Å². The Morgan fingerprint density at radius 2 is 2.00 bits per heavy atom. The second kappa shape index (κ2) is 2.87. The topological polar surface area (TPSA) is 78.4 Å². The van der Waals surface area contributed by atoms with Gasteiger partial charge in [-0.05, 0) is 6.92 Å². The summed E-state index contributed by atoms with van der Waals surface area (Å²) in [6.45, 7) is 1.23. The number of hydrogen-bond donors (Lipinski definition) is 3. The van der Waals surface area contributed by atoms with E-state index in [1.54, 1.807) is 6.92 Å². The maximum absolute atomic E-state index is 10.9. The van der Waals surface area contributed by atoms with Gasteiger partial charge in [0.2, 0.25) is 11.8 Å². The zero-order valence-electron chi connectivity index (χ0n) is 6.13. The van der Waals surface area contributed by atoms with Gasteiger partial charge in [0.05, 0.1) is 6.61 Å². The van der Waals surface area contributed by atoms with E-state index >= 15 is 0 Å². The van der Waals surface area contributed by atoms with Gasteiger partial charge in [0.15, 0.2) is 0 Å². The number of rotatable bonds is 1. The first kappa shape index (κ1) is 8.00. The average molecular weight is 158 g/mol. The molecule has 62 valence electrons. The molecule has 0 aromatic rings. The Morgan fingerprint density at radius 1 is 1.36 bits per heavy atom. The standard InChI is InChI=1S/C6H10N2O3/c1-3-5(10)8-4(2-9)6(11)7-3/h3-4,9H,2H2,1H3,(H,7,11)(H,8,10)/t3-,4?/m0/s1. The van der Waals surface area contributed by atoms with Crippen LogP contribution in [0.1, 0.15) is 6.92 Å². The summed E-state index contributed by atoms with van der Waals surface area (Å²) in [4.78, 5) is 21.8. The molecule has 11 heavy (non-hydrogen) atoms. The molecule has 1 aliphatic rings. The number of amides is 2. The van der Waals surface area contributed by atoms with E-state index in [2.05, 4.69) is 10.6 Å². The van der Waals surface area contributed by atoms with Gasteiger partial charge in [-0.25, -0.2) is 0 Å². The molecule has 2 atom stereocenters. The van der Waals surface area contributed by atoms with Crippen LogP contribution in [0.4, 0.5) is 0 Å². The van der Waals surface area contributed by atoms with E-state index in [1.807, 2.05) is 0 Å². The molecule has 0 spiro atoms. The molecule has 0 radical (unpaired) electrons. The molecule has 1 fully saturated rings. The van der Waals surface area contributed by atoms with Crippen molar-refractivity contribution < 1.29 is 14.7 Å². The quantitative estimate of drug-likeness (QED) is 0.412. The molecular weight excluding hydrogens is 148 g/mol. The maximum Gasteiger partial charge on any atom is 0.245 e. The van der Waals surface area contributed by atoms with E-state index in [0.717, 1.165) is 0 Å². The van der Waals surface area contributed by atoms with Crippen molar-refractivity contribution >= 4 is 11.8 Å². The Balaban J connectivity index is 2.62. The average Bonchev–Trinajstić information content (AvgIpc) is 1.97. The molecule has 1 rings (SSSR count). The molecule has 1 saturated heterocycles. The van der Waals surface area contributed by atoms with Crippen molar-refractivity contribution in [3.05, 3.63) is 0 Å². The van der Waals surface area contributed by atoms with Crippen molar-refractivity contribution in [1.82, 2.24) is 10.6 Å². The summed E-state index contributed by atoms with van der Waals surface area (Å²) < 4.78 is 0. The number of piperazine rings is 1. The van der Waals surface area contributed by atoms with Crippen molar-refractivity contribution in [2.45, 2.75) is 19.0 Å². The van der Waals surface area contributed by atoms with E-state index in [-0.39, 0.29) is 18.4 Å². The molecule has 0 aliphatic carbocycles. The number of carbonyl (C=O) groups excluding carboxylic acids is 2. The highest BCUT2D eigenvalue weighted by atomic mass is 16.3. The normalized spacial score (nSPS) is 31.1. The molecule has 0 aromatic heterocycles. The monoisotopic (exact) mass is 158 g/mol. The van der Waals surface area contributed by atoms with Gasteiger partial charge in [-0.15, -0.1) is 0 Å². The first-order valence-electron chi connectivity index (χ1n) is 3.36. The predicted molar refractivity (Wildman–Crippen MR) is 36.6 cm³/mol. The molecule has 0 saturated carbocycles. The first-order chi connectivity index (χ1) is 5.15. The minimum Gasteiger partial charge on any atom is -0.394 e. The third-order valence-electron chi connectivity index (χ3n) is 1.57. The molecule has 1 unspecified atom stereocenters. The summed E-state index contributed by atoms with van der Waals surface area (Å²) in [5.41, 5.74) is 0. The molecule has 5 heteroatoms. The van der Waals surface area contributed by atoms with Crippen molar-refractivity contribution in [3.8, 4) is 0 Å². The lowest BCUT2D eigenvalue weighted by Gasteiger charge is -2.25. The van der Waals surface area contributed by atoms with Crippen molar-refractivity contribution in [2.24, 2.45) is 0 Å². The Kier molecular flexibility index (Phi) is 2.09. The fourth-order valence-electron chi connectivity index (χ4n) is 0.870. The molecule has 3 N–H and O–H groups in total. The molecule has 0 bridgehead atoms. The van der Waals surface area contributed by atoms with Crippen LogP contribution in [0.15, 0.2) is 0 Å². The Hall–Kier alpha value is -1.10. The van der Waals surface area contributed by atoms with Crippen molar-refractivity contribution in [1.29, 1.82) is 0 Å². The third-order valence-corrected chi connectivity index (χ3v) is 1.57. The summed E-state index contributed by atoms with van der Waals surface area (Å²) in [6.07, 6.45) is 0. The van der Waals surface area contributed by atoms with Crippen LogP contribution in [0.2, 0.25) is 0 Å². The van der Waals surface area contributed by atoms with E-state index in [4.69, 9.17) is 5.11 Å². The highest BCUT2D eigenvalue weighted by Gasteiger charge is 2.29. The highest BCUT2D eigenvalue weighted by molar-refractivity contribution is 5.96. The number of carbonyl (C=O) groups is 2. The second-order valence-electron chi connectivity index (χ2n) is 2.47. The zero-order chi connectivity index (χ0) is 8.43. The fourth-order valence-corrected chi connectivity index (χ4v) is 0.870. The van der Waals surface area contributed by atoms with Crippen LogP contribution in [0.25, 0.3) is 0 Å². The van der Waals surface area contributed by atoms with Gasteiger partial charge in [-0.1, -0.05) is 0 Å². The van der Waals surface area contributed by atoms with Gasteiger partial charge < -0.3 is 15.7 Å². The SMILES string of the molecule is C[C@@H]1NC(=O)C(CO)NC1=O. The predicted octanol–water partition coefficient (Wildman–Crippen LogP) is -2.02. The molecule has 5 nitrogen and oxygen atoms in total. The lowest BCUT2D eigenvalue weighted by Crippen LogP contribution is -2.61. The summed E-state index contributed by atoms with van der Waals surface area (Å²) in [7, 11) is 0. The smallest absolute Gasteiger partial charge is 0.245 e. The van der Waals surface area contributed by atoms with Crippen LogP contribution < -0.4 is 10.6 Å². The lowest BCUT2D eigenvalue weighted by atomic mass is 10.1. The van der Waals surface area contributed by atoms with Crippen LogP contribution in [0, 0.1) is 0 Å². The molecule has 2 amide bonds. The van der Waals surface area contributed by atoms with Gasteiger partial charge >= 0.3 is 0 Å². The first-order valence-corrected chi connectivity index (χ1v) is 3.36. The number of aliphatic hydroxyl groups excluding tert-OH is 1. The number of aliphatic hydroxyl groups is 1. The van der Waals surface area contributed by atoms with Crippen LogP contribution >= 0.6 is 0 Å². The molecular formula is C6H10N2O3. The van der Waals surface area contributed by atoms with Crippen LogP contribution in [0.5, 0.6) is 0 Å². The van der Waals surface area contributed by atoms with Crippen molar-refractivity contribution in [2.75, 3.05) is 6.61 Å². The van der Waals surface area contributed by atoms with Crippen LogP contribution in [0.3, 0.4) is 0 Å². The minimum atomic E-state index is -0.779. The minimum absolute atomic E-state index is 0.261. The summed E-state index contributed by atoms with van der Waals surface area (Å²) in [5.74, 6) is -0.594. The third kappa shape index (κ3) is 1.48. The highest BCUT2D eigenvalue weighted by Crippen LogP contribution is 1.94. The second-order valence-corrected chi connectivity index (χ2v) is 2.47. The fraction of sp³-hybridized carbons (Fsp3) is 0.667. The van der Waals surface area contributed by atoms with Gasteiger partial charge in [0, 0.05) is 0 Å². The summed E-state index contributed by atoms with van der Waals surface area (Å²) in [5, 5.41) is 13.4.